The summed E-state index contributed by atoms with van der Waals surface area (Å²) in [5.41, 5.74) is 0. The Morgan fingerprint density at radius 2 is 2.29 bits per heavy atom. The van der Waals surface area contributed by atoms with E-state index in [2.05, 4.69) is 6.58 Å². The molecule has 1 fully saturated rings. The first-order valence-electron chi connectivity index (χ1n) is 4.51. The predicted molar refractivity (Wildman–Crippen MR) is 51.0 cm³/mol. The summed E-state index contributed by atoms with van der Waals surface area (Å²) >= 11 is 0. The van der Waals surface area contributed by atoms with Gasteiger partial charge in [-0.2, -0.15) is 0 Å². The molecule has 0 unspecified atom stereocenters. The molecule has 1 saturated heterocycles. The summed E-state index contributed by atoms with van der Waals surface area (Å²) in [6.45, 7) is 5.07. The lowest BCUT2D eigenvalue weighted by Crippen LogP contribution is -2.51. The highest BCUT2D eigenvalue weighted by atomic mass is 16.4. The molecule has 1 heterocycles. The van der Waals surface area contributed by atoms with E-state index in [1.54, 1.807) is 11.0 Å². The van der Waals surface area contributed by atoms with E-state index in [9.17, 15) is 9.59 Å². The van der Waals surface area contributed by atoms with Crippen molar-refractivity contribution in [3.05, 3.63) is 12.7 Å². The minimum absolute atomic E-state index is 0.0214. The topological polar surface area (TPSA) is 60.9 Å². The Bertz CT molecular complexity index is 252. The van der Waals surface area contributed by atoms with Gasteiger partial charge in [0.1, 0.15) is 6.54 Å². The third-order valence-electron chi connectivity index (χ3n) is 2.19. The van der Waals surface area contributed by atoms with Gasteiger partial charge in [-0.05, 0) is 6.42 Å². The Balaban J connectivity index is 2.43. The summed E-state index contributed by atoms with van der Waals surface area (Å²) in [6, 6.07) is 0. The number of carboxylic acid groups (broad SMARTS) is 1. The second kappa shape index (κ2) is 4.64. The number of amides is 2. The lowest BCUT2D eigenvalue weighted by Gasteiger charge is -2.32. The Morgan fingerprint density at radius 3 is 2.79 bits per heavy atom. The number of piperazine rings is 1. The third kappa shape index (κ3) is 2.48. The van der Waals surface area contributed by atoms with Crippen LogP contribution in [0.1, 0.15) is 6.42 Å². The molecule has 0 radical (unpaired) electrons. The minimum Gasteiger partial charge on any atom is -0.465 e. The Labute approximate surface area is 82.6 Å². The van der Waals surface area contributed by atoms with Gasteiger partial charge in [-0.3, -0.25) is 9.69 Å². The van der Waals surface area contributed by atoms with Crippen LogP contribution in [0.5, 0.6) is 0 Å². The largest absolute Gasteiger partial charge is 0.465 e. The zero-order chi connectivity index (χ0) is 10.6. The molecular formula is C9H14N2O3. The molecule has 0 saturated carbocycles. The Kier molecular flexibility index (Phi) is 3.50. The number of carbonyl (C=O) groups excluding carboxylic acids is 1. The fraction of sp³-hybridized carbons (Fsp3) is 0.556. The molecule has 0 aromatic heterocycles. The molecule has 0 spiro atoms. The normalized spacial score (nSPS) is 17.0. The van der Waals surface area contributed by atoms with Gasteiger partial charge in [0, 0.05) is 19.6 Å². The molecule has 1 aliphatic rings. The van der Waals surface area contributed by atoms with Crippen LogP contribution in [0.4, 0.5) is 4.79 Å². The van der Waals surface area contributed by atoms with E-state index in [0.717, 1.165) is 11.3 Å². The fourth-order valence-corrected chi connectivity index (χ4v) is 1.36. The van der Waals surface area contributed by atoms with E-state index < -0.39 is 6.09 Å². The van der Waals surface area contributed by atoms with Crippen LogP contribution >= 0.6 is 0 Å². The van der Waals surface area contributed by atoms with E-state index in [1.807, 2.05) is 0 Å². The van der Waals surface area contributed by atoms with Crippen molar-refractivity contribution < 1.29 is 14.7 Å². The van der Waals surface area contributed by atoms with Crippen molar-refractivity contribution in [3.63, 3.8) is 0 Å². The first-order chi connectivity index (χ1) is 6.65. The molecule has 1 aliphatic heterocycles. The van der Waals surface area contributed by atoms with Crippen molar-refractivity contribution in [2.24, 2.45) is 0 Å². The zero-order valence-electron chi connectivity index (χ0n) is 7.98. The highest BCUT2D eigenvalue weighted by Crippen LogP contribution is 2.04. The van der Waals surface area contributed by atoms with Gasteiger partial charge in [0.2, 0.25) is 5.91 Å². The van der Waals surface area contributed by atoms with Gasteiger partial charge in [0.05, 0.1) is 0 Å². The van der Waals surface area contributed by atoms with Crippen molar-refractivity contribution in [2.75, 3.05) is 26.2 Å². The first kappa shape index (κ1) is 10.6. The number of hydrogen-bond acceptors (Lipinski definition) is 2. The zero-order valence-corrected chi connectivity index (χ0v) is 7.98. The quantitative estimate of drug-likeness (QED) is 0.667. The van der Waals surface area contributed by atoms with Gasteiger partial charge in [-0.15, -0.1) is 6.58 Å². The van der Waals surface area contributed by atoms with Crippen LogP contribution < -0.4 is 0 Å². The highest BCUT2D eigenvalue weighted by Gasteiger charge is 2.25. The lowest BCUT2D eigenvalue weighted by molar-refractivity contribution is -0.135. The summed E-state index contributed by atoms with van der Waals surface area (Å²) in [7, 11) is 0. The van der Waals surface area contributed by atoms with Gasteiger partial charge in [-0.1, -0.05) is 6.08 Å². The van der Waals surface area contributed by atoms with Crippen LogP contribution in [-0.4, -0.2) is 53.1 Å². The molecule has 78 valence electrons. The molecule has 0 aromatic rings. The smallest absolute Gasteiger partial charge is 0.407 e. The van der Waals surface area contributed by atoms with Crippen LogP contribution in [0.15, 0.2) is 12.7 Å². The predicted octanol–water partition coefficient (Wildman–Crippen LogP) is 0.385. The first-order valence-corrected chi connectivity index (χ1v) is 4.51. The third-order valence-corrected chi connectivity index (χ3v) is 2.19. The summed E-state index contributed by atoms with van der Waals surface area (Å²) in [5.74, 6) is -0.125. The van der Waals surface area contributed by atoms with Crippen LogP contribution in [0.3, 0.4) is 0 Å². The lowest BCUT2D eigenvalue weighted by atomic mass is 10.3. The van der Waals surface area contributed by atoms with E-state index in [1.165, 1.54) is 0 Å². The molecule has 0 bridgehead atoms. The second-order valence-corrected chi connectivity index (χ2v) is 3.16. The van der Waals surface area contributed by atoms with Crippen molar-refractivity contribution >= 4 is 12.0 Å². The SMILES string of the molecule is C=CCCN1CCN(C(=O)O)CC1=O. The van der Waals surface area contributed by atoms with Crippen molar-refractivity contribution in [3.8, 4) is 0 Å². The standard InChI is InChI=1S/C9H14N2O3/c1-2-3-4-10-5-6-11(9(13)14)7-8(10)12/h2H,1,3-7H2,(H,13,14). The molecule has 5 nitrogen and oxygen atoms in total. The van der Waals surface area contributed by atoms with Crippen LogP contribution in [0.2, 0.25) is 0 Å². The number of nitrogens with zero attached hydrogens (tertiary/aromatic N) is 2. The van der Waals surface area contributed by atoms with E-state index in [0.29, 0.717) is 19.6 Å². The molecule has 14 heavy (non-hydrogen) atoms. The van der Waals surface area contributed by atoms with Gasteiger partial charge in [0.25, 0.3) is 0 Å². The minimum atomic E-state index is -1.03. The summed E-state index contributed by atoms with van der Waals surface area (Å²) < 4.78 is 0. The maximum Gasteiger partial charge on any atom is 0.407 e. The molecule has 1 N–H and O–H groups in total. The van der Waals surface area contributed by atoms with Crippen molar-refractivity contribution in [1.29, 1.82) is 0 Å². The average Bonchev–Trinajstić information content (AvgIpc) is 2.15. The van der Waals surface area contributed by atoms with Gasteiger partial charge >= 0.3 is 6.09 Å². The Morgan fingerprint density at radius 1 is 1.57 bits per heavy atom. The number of rotatable bonds is 3. The van der Waals surface area contributed by atoms with Crippen molar-refractivity contribution in [1.82, 2.24) is 9.80 Å². The van der Waals surface area contributed by atoms with E-state index >= 15 is 0 Å². The second-order valence-electron chi connectivity index (χ2n) is 3.16. The maximum absolute atomic E-state index is 11.4. The van der Waals surface area contributed by atoms with Crippen LogP contribution in [0.25, 0.3) is 0 Å². The monoisotopic (exact) mass is 198 g/mol. The van der Waals surface area contributed by atoms with E-state index in [4.69, 9.17) is 5.11 Å². The van der Waals surface area contributed by atoms with Crippen LogP contribution in [-0.2, 0) is 4.79 Å². The molecule has 0 atom stereocenters. The molecule has 0 aliphatic carbocycles. The molecular weight excluding hydrogens is 184 g/mol. The molecule has 1 rings (SSSR count). The summed E-state index contributed by atoms with van der Waals surface area (Å²) in [5, 5.41) is 8.66. The Hall–Kier alpha value is -1.52. The number of hydrogen-bond donors (Lipinski definition) is 1. The highest BCUT2D eigenvalue weighted by molar-refractivity contribution is 5.83. The fourth-order valence-electron chi connectivity index (χ4n) is 1.36. The maximum atomic E-state index is 11.4. The summed E-state index contributed by atoms with van der Waals surface area (Å²) in [4.78, 5) is 24.8. The summed E-state index contributed by atoms with van der Waals surface area (Å²) in [6.07, 6.45) is 1.47. The van der Waals surface area contributed by atoms with Crippen molar-refractivity contribution in [2.45, 2.75) is 6.42 Å². The number of carbonyl (C=O) groups is 2. The van der Waals surface area contributed by atoms with Gasteiger partial charge < -0.3 is 10.0 Å². The van der Waals surface area contributed by atoms with E-state index in [-0.39, 0.29) is 12.5 Å². The average molecular weight is 198 g/mol. The molecule has 0 aromatic carbocycles. The van der Waals surface area contributed by atoms with Gasteiger partial charge in [-0.25, -0.2) is 4.79 Å². The van der Waals surface area contributed by atoms with Gasteiger partial charge in [0.15, 0.2) is 0 Å². The molecule has 5 heteroatoms. The molecule has 2 amide bonds. The van der Waals surface area contributed by atoms with Crippen LogP contribution in [0, 0.1) is 0 Å².